The third-order valence-electron chi connectivity index (χ3n) is 2.82. The number of halogens is 4. The Bertz CT molecular complexity index is 557. The number of carbonyl (C=O) groups is 1. The van der Waals surface area contributed by atoms with Gasteiger partial charge in [0.1, 0.15) is 0 Å². The van der Waals surface area contributed by atoms with E-state index < -0.39 is 23.8 Å². The molecule has 1 aliphatic rings. The molecule has 0 amide bonds. The van der Waals surface area contributed by atoms with Gasteiger partial charge in [0.25, 0.3) is 0 Å². The predicted molar refractivity (Wildman–Crippen MR) is 77.4 cm³/mol. The van der Waals surface area contributed by atoms with E-state index in [-0.39, 0.29) is 6.61 Å². The number of hydrogen-bond donors (Lipinski definition) is 0. The van der Waals surface area contributed by atoms with Crippen molar-refractivity contribution in [1.82, 2.24) is 0 Å². The number of para-hydroxylation sites is 1. The Hall–Kier alpha value is -1.25. The van der Waals surface area contributed by atoms with Crippen molar-refractivity contribution in [2.45, 2.75) is 19.1 Å². The molecule has 3 nitrogen and oxygen atoms in total. The summed E-state index contributed by atoms with van der Waals surface area (Å²) in [5.41, 5.74) is 0.585. The smallest absolute Gasteiger partial charge is 0.414 e. The van der Waals surface area contributed by atoms with Crippen LogP contribution in [0.5, 0.6) is 0 Å². The van der Waals surface area contributed by atoms with Crippen molar-refractivity contribution in [3.8, 4) is 0 Å². The quantitative estimate of drug-likeness (QED) is 0.433. The number of anilines is 1. The van der Waals surface area contributed by atoms with Gasteiger partial charge in [0, 0.05) is 0 Å². The lowest BCUT2D eigenvalue weighted by atomic mass is 9.97. The number of fused-ring (bicyclic) bond motifs is 1. The molecule has 0 fully saturated rings. The predicted octanol–water partition coefficient (Wildman–Crippen LogP) is 3.73. The lowest BCUT2D eigenvalue weighted by Gasteiger charge is -2.34. The molecule has 108 valence electrons. The number of carbonyl (C=O) groups excluding carboxylic acids is 1. The SMILES string of the molecule is CCOC(=O)C1=Cc2ccccc2N(I)C1C(F)(F)F. The minimum absolute atomic E-state index is 0.0314. The average Bonchev–Trinajstić information content (AvgIpc) is 2.37. The number of esters is 1. The topological polar surface area (TPSA) is 29.5 Å². The van der Waals surface area contributed by atoms with Gasteiger partial charge in [-0.05, 0) is 24.6 Å². The molecule has 0 bridgehead atoms. The summed E-state index contributed by atoms with van der Waals surface area (Å²) in [6, 6.07) is 4.60. The van der Waals surface area contributed by atoms with E-state index in [1.807, 2.05) is 0 Å². The molecule has 1 unspecified atom stereocenters. The zero-order valence-corrected chi connectivity index (χ0v) is 12.6. The Morgan fingerprint density at radius 3 is 2.65 bits per heavy atom. The monoisotopic (exact) mass is 397 g/mol. The van der Waals surface area contributed by atoms with E-state index in [0.717, 1.165) is 3.11 Å². The van der Waals surface area contributed by atoms with Crippen LogP contribution in [0.3, 0.4) is 0 Å². The number of hydrogen-bond acceptors (Lipinski definition) is 3. The van der Waals surface area contributed by atoms with Crippen LogP contribution in [-0.4, -0.2) is 24.8 Å². The fourth-order valence-electron chi connectivity index (χ4n) is 2.00. The Balaban J connectivity index is 2.54. The number of ether oxygens (including phenoxy) is 1. The van der Waals surface area contributed by atoms with Gasteiger partial charge < -0.3 is 4.74 Å². The molecule has 0 aliphatic carbocycles. The maximum atomic E-state index is 13.2. The van der Waals surface area contributed by atoms with E-state index in [1.165, 1.54) is 6.08 Å². The average molecular weight is 397 g/mol. The maximum absolute atomic E-state index is 13.2. The second-order valence-electron chi connectivity index (χ2n) is 4.13. The van der Waals surface area contributed by atoms with Crippen LogP contribution < -0.4 is 3.11 Å². The Morgan fingerprint density at radius 2 is 2.05 bits per heavy atom. The highest BCUT2D eigenvalue weighted by atomic mass is 127. The van der Waals surface area contributed by atoms with E-state index in [2.05, 4.69) is 0 Å². The van der Waals surface area contributed by atoms with Gasteiger partial charge in [-0.15, -0.1) is 0 Å². The molecule has 0 N–H and O–H groups in total. The van der Waals surface area contributed by atoms with E-state index in [0.29, 0.717) is 11.3 Å². The number of nitrogens with zero attached hydrogens (tertiary/aromatic N) is 1. The summed E-state index contributed by atoms with van der Waals surface area (Å²) in [5.74, 6) is -0.939. The van der Waals surface area contributed by atoms with Crippen LogP contribution in [0.15, 0.2) is 29.8 Å². The lowest BCUT2D eigenvalue weighted by Crippen LogP contribution is -2.46. The van der Waals surface area contributed by atoms with Gasteiger partial charge in [0.05, 0.1) is 40.7 Å². The minimum Gasteiger partial charge on any atom is -0.463 e. The summed E-state index contributed by atoms with van der Waals surface area (Å²) in [6.45, 7) is 1.59. The summed E-state index contributed by atoms with van der Waals surface area (Å²) >= 11 is 1.58. The first-order valence-electron chi connectivity index (χ1n) is 5.85. The van der Waals surface area contributed by atoms with Crippen molar-refractivity contribution in [2.24, 2.45) is 0 Å². The van der Waals surface area contributed by atoms with Crippen LogP contribution in [0.2, 0.25) is 0 Å². The van der Waals surface area contributed by atoms with E-state index >= 15 is 0 Å². The molecular weight excluding hydrogens is 386 g/mol. The van der Waals surface area contributed by atoms with Crippen molar-refractivity contribution in [1.29, 1.82) is 0 Å². The van der Waals surface area contributed by atoms with Crippen molar-refractivity contribution in [3.05, 3.63) is 35.4 Å². The first kappa shape index (κ1) is 15.1. The second kappa shape index (κ2) is 5.63. The fraction of sp³-hybridized carbons (Fsp3) is 0.308. The molecular formula is C13H11F3INO2. The van der Waals surface area contributed by atoms with E-state index in [4.69, 9.17) is 4.74 Å². The maximum Gasteiger partial charge on any atom is 0.414 e. The van der Waals surface area contributed by atoms with E-state index in [1.54, 1.807) is 54.1 Å². The van der Waals surface area contributed by atoms with Gasteiger partial charge in [0.15, 0.2) is 6.04 Å². The molecule has 0 aromatic heterocycles. The molecule has 1 aromatic rings. The third kappa shape index (κ3) is 2.77. The Morgan fingerprint density at radius 1 is 1.40 bits per heavy atom. The van der Waals surface area contributed by atoms with Crippen LogP contribution in [0.4, 0.5) is 18.9 Å². The summed E-state index contributed by atoms with van der Waals surface area (Å²) in [7, 11) is 0. The Kier molecular flexibility index (Phi) is 4.26. The molecule has 2 rings (SSSR count). The van der Waals surface area contributed by atoms with Crippen molar-refractivity contribution in [3.63, 3.8) is 0 Å². The fourth-order valence-corrected chi connectivity index (χ4v) is 3.06. The van der Waals surface area contributed by atoms with Crippen molar-refractivity contribution in [2.75, 3.05) is 9.72 Å². The van der Waals surface area contributed by atoms with E-state index in [9.17, 15) is 18.0 Å². The highest BCUT2D eigenvalue weighted by Crippen LogP contribution is 2.42. The van der Waals surface area contributed by atoms with Crippen molar-refractivity contribution < 1.29 is 22.7 Å². The largest absolute Gasteiger partial charge is 0.463 e. The lowest BCUT2D eigenvalue weighted by molar-refractivity contribution is -0.151. The molecule has 1 heterocycles. The van der Waals surface area contributed by atoms with Crippen molar-refractivity contribution >= 4 is 40.6 Å². The normalized spacial score (nSPS) is 18.4. The number of alkyl halides is 3. The van der Waals surface area contributed by atoms with Gasteiger partial charge in [-0.1, -0.05) is 18.2 Å². The highest BCUT2D eigenvalue weighted by molar-refractivity contribution is 14.1. The van der Waals surface area contributed by atoms with Gasteiger partial charge >= 0.3 is 12.1 Å². The molecule has 1 aromatic carbocycles. The molecule has 1 atom stereocenters. The number of benzene rings is 1. The van der Waals surface area contributed by atoms with Crippen LogP contribution in [-0.2, 0) is 9.53 Å². The first-order chi connectivity index (χ1) is 9.36. The van der Waals surface area contributed by atoms with Gasteiger partial charge in [0.2, 0.25) is 0 Å². The van der Waals surface area contributed by atoms with Gasteiger partial charge in [-0.3, -0.25) is 3.11 Å². The van der Waals surface area contributed by atoms with Crippen LogP contribution in [0.25, 0.3) is 6.08 Å². The summed E-state index contributed by atoms with van der Waals surface area (Å²) < 4.78 is 45.5. The molecule has 0 radical (unpaired) electrons. The highest BCUT2D eigenvalue weighted by Gasteiger charge is 2.50. The van der Waals surface area contributed by atoms with Gasteiger partial charge in [-0.2, -0.15) is 13.2 Å². The van der Waals surface area contributed by atoms with Crippen LogP contribution in [0, 0.1) is 0 Å². The molecule has 0 spiro atoms. The first-order valence-corrected chi connectivity index (χ1v) is 6.82. The summed E-state index contributed by atoms with van der Waals surface area (Å²) in [6.07, 6.45) is -3.31. The molecule has 0 saturated carbocycles. The second-order valence-corrected chi connectivity index (χ2v) is 5.17. The number of rotatable bonds is 2. The minimum atomic E-state index is -4.56. The zero-order valence-electron chi connectivity index (χ0n) is 10.4. The molecule has 1 aliphatic heterocycles. The molecule has 7 heteroatoms. The zero-order chi connectivity index (χ0) is 14.9. The van der Waals surface area contributed by atoms with Gasteiger partial charge in [-0.25, -0.2) is 4.79 Å². The van der Waals surface area contributed by atoms with Crippen LogP contribution in [0.1, 0.15) is 12.5 Å². The standard InChI is InChI=1S/C13H11F3INO2/c1-2-20-12(19)9-7-8-5-3-4-6-10(8)18(17)11(9)13(14,15)16/h3-7,11H,2H2,1H3. The third-order valence-corrected chi connectivity index (χ3v) is 3.90. The molecule has 0 saturated heterocycles. The van der Waals surface area contributed by atoms with Crippen LogP contribution >= 0.6 is 22.9 Å². The summed E-state index contributed by atoms with van der Waals surface area (Å²) in [4.78, 5) is 11.8. The molecule has 20 heavy (non-hydrogen) atoms. The Labute approximate surface area is 127 Å². The summed E-state index contributed by atoms with van der Waals surface area (Å²) in [5, 5.41) is 0.